The van der Waals surface area contributed by atoms with Gasteiger partial charge in [0.15, 0.2) is 9.84 Å². The van der Waals surface area contributed by atoms with Crippen LogP contribution in [0, 0.1) is 0 Å². The zero-order valence-electron chi connectivity index (χ0n) is 11.6. The lowest BCUT2D eigenvalue weighted by atomic mass is 10.0. The average molecular weight is 276 g/mol. The van der Waals surface area contributed by atoms with E-state index in [4.69, 9.17) is 4.74 Å². The lowest BCUT2D eigenvalue weighted by molar-refractivity contribution is -0.154. The van der Waals surface area contributed by atoms with Crippen molar-refractivity contribution in [1.82, 2.24) is 0 Å². The largest absolute Gasteiger partial charge is 0.460 e. The second-order valence-corrected chi connectivity index (χ2v) is 8.36. The van der Waals surface area contributed by atoms with Gasteiger partial charge in [0.25, 0.3) is 0 Å². The van der Waals surface area contributed by atoms with E-state index in [1.54, 1.807) is 20.8 Å². The summed E-state index contributed by atoms with van der Waals surface area (Å²) in [6, 6.07) is 0. The maximum Gasteiger partial charge on any atom is 0.307 e. The van der Waals surface area contributed by atoms with Crippen LogP contribution >= 0.6 is 0 Å². The fraction of sp³-hybridized carbons (Fsp3) is 0.923. The van der Waals surface area contributed by atoms with Gasteiger partial charge in [0.05, 0.1) is 17.4 Å². The SMILES string of the molecule is CC(C)(C)OC(=O)CCS(=O)(=O)C1CCCCC1. The molecule has 5 heteroatoms. The minimum absolute atomic E-state index is 0.0316. The highest BCUT2D eigenvalue weighted by atomic mass is 32.2. The molecule has 0 atom stereocenters. The van der Waals surface area contributed by atoms with Gasteiger partial charge in [-0.05, 0) is 33.6 Å². The summed E-state index contributed by atoms with van der Waals surface area (Å²) in [7, 11) is -3.13. The minimum atomic E-state index is -3.13. The number of carbonyl (C=O) groups excluding carboxylic acids is 1. The first-order valence-corrected chi connectivity index (χ1v) is 8.36. The van der Waals surface area contributed by atoms with Crippen LogP contribution in [-0.4, -0.2) is 31.0 Å². The van der Waals surface area contributed by atoms with Crippen molar-refractivity contribution < 1.29 is 17.9 Å². The van der Waals surface area contributed by atoms with E-state index in [1.807, 2.05) is 0 Å². The van der Waals surface area contributed by atoms with E-state index in [-0.39, 0.29) is 17.4 Å². The lowest BCUT2D eigenvalue weighted by Gasteiger charge is -2.22. The molecule has 0 N–H and O–H groups in total. The standard InChI is InChI=1S/C13H24O4S/c1-13(2,3)17-12(14)9-10-18(15,16)11-7-5-4-6-8-11/h11H,4-10H2,1-3H3. The quantitative estimate of drug-likeness (QED) is 0.740. The number of carbonyl (C=O) groups is 1. The summed E-state index contributed by atoms with van der Waals surface area (Å²) in [5.74, 6) is -0.506. The van der Waals surface area contributed by atoms with Crippen LogP contribution in [0.25, 0.3) is 0 Å². The summed E-state index contributed by atoms with van der Waals surface area (Å²) in [4.78, 5) is 11.5. The predicted octanol–water partition coefficient (Wildman–Crippen LogP) is 2.47. The number of hydrogen-bond donors (Lipinski definition) is 0. The number of sulfone groups is 1. The fourth-order valence-electron chi connectivity index (χ4n) is 2.21. The van der Waals surface area contributed by atoms with Gasteiger partial charge in [-0.25, -0.2) is 8.42 Å². The van der Waals surface area contributed by atoms with Gasteiger partial charge in [0.1, 0.15) is 5.60 Å². The summed E-state index contributed by atoms with van der Waals surface area (Å²) < 4.78 is 29.2. The van der Waals surface area contributed by atoms with Crippen molar-refractivity contribution in [2.45, 2.75) is 70.1 Å². The van der Waals surface area contributed by atoms with Gasteiger partial charge in [-0.3, -0.25) is 4.79 Å². The molecule has 1 fully saturated rings. The molecule has 0 radical (unpaired) electrons. The molecule has 0 aromatic rings. The normalized spacial score (nSPS) is 18.6. The van der Waals surface area contributed by atoms with Gasteiger partial charge in [-0.2, -0.15) is 0 Å². The summed E-state index contributed by atoms with van der Waals surface area (Å²) in [5.41, 5.74) is -0.550. The second kappa shape index (κ2) is 6.04. The summed E-state index contributed by atoms with van der Waals surface area (Å²) >= 11 is 0. The van der Waals surface area contributed by atoms with Crippen LogP contribution in [0.3, 0.4) is 0 Å². The van der Waals surface area contributed by atoms with E-state index < -0.39 is 21.4 Å². The van der Waals surface area contributed by atoms with Gasteiger partial charge in [0.2, 0.25) is 0 Å². The fourth-order valence-corrected chi connectivity index (χ4v) is 4.05. The van der Waals surface area contributed by atoms with Crippen LogP contribution in [0.15, 0.2) is 0 Å². The Balaban J connectivity index is 2.44. The zero-order valence-corrected chi connectivity index (χ0v) is 12.4. The molecule has 1 rings (SSSR count). The molecule has 1 saturated carbocycles. The number of hydrogen-bond acceptors (Lipinski definition) is 4. The number of esters is 1. The molecule has 0 aromatic carbocycles. The Bertz CT molecular complexity index is 372. The van der Waals surface area contributed by atoms with Crippen molar-refractivity contribution >= 4 is 15.8 Å². The minimum Gasteiger partial charge on any atom is -0.460 e. The molecule has 1 aliphatic rings. The third-order valence-electron chi connectivity index (χ3n) is 3.07. The first-order chi connectivity index (χ1) is 8.21. The number of rotatable bonds is 4. The molecule has 0 aromatic heterocycles. The first kappa shape index (κ1) is 15.5. The molecule has 0 aliphatic heterocycles. The van der Waals surface area contributed by atoms with Gasteiger partial charge in [0, 0.05) is 0 Å². The second-order valence-electron chi connectivity index (χ2n) is 5.96. The van der Waals surface area contributed by atoms with Crippen molar-refractivity contribution in [3.63, 3.8) is 0 Å². The van der Waals surface area contributed by atoms with E-state index in [9.17, 15) is 13.2 Å². The summed E-state index contributed by atoms with van der Waals surface area (Å²) in [6.45, 7) is 5.33. The molecule has 0 unspecified atom stereocenters. The molecule has 106 valence electrons. The Hall–Kier alpha value is -0.580. The zero-order chi connectivity index (χ0) is 13.8. The Labute approximate surface area is 110 Å². The smallest absolute Gasteiger partial charge is 0.307 e. The summed E-state index contributed by atoms with van der Waals surface area (Å²) in [5, 5.41) is -0.242. The van der Waals surface area contributed by atoms with Crippen LogP contribution in [0.4, 0.5) is 0 Å². The Kier molecular flexibility index (Phi) is 5.20. The van der Waals surface area contributed by atoms with Crippen LogP contribution in [-0.2, 0) is 19.4 Å². The lowest BCUT2D eigenvalue weighted by Crippen LogP contribution is -2.29. The van der Waals surface area contributed by atoms with Crippen LogP contribution in [0.1, 0.15) is 59.3 Å². The molecule has 0 bridgehead atoms. The molecular formula is C13H24O4S. The van der Waals surface area contributed by atoms with Crippen molar-refractivity contribution in [2.75, 3.05) is 5.75 Å². The van der Waals surface area contributed by atoms with Crippen LogP contribution < -0.4 is 0 Å². The van der Waals surface area contributed by atoms with E-state index in [0.717, 1.165) is 32.1 Å². The molecule has 1 aliphatic carbocycles. The monoisotopic (exact) mass is 276 g/mol. The summed E-state index contributed by atoms with van der Waals surface area (Å²) in [6.07, 6.45) is 4.55. The van der Waals surface area contributed by atoms with Crippen molar-refractivity contribution in [2.24, 2.45) is 0 Å². The van der Waals surface area contributed by atoms with Crippen molar-refractivity contribution in [3.8, 4) is 0 Å². The third-order valence-corrected chi connectivity index (χ3v) is 5.33. The molecule has 18 heavy (non-hydrogen) atoms. The van der Waals surface area contributed by atoms with Gasteiger partial charge in [-0.15, -0.1) is 0 Å². The number of ether oxygens (including phenoxy) is 1. The maximum absolute atomic E-state index is 12.0. The topological polar surface area (TPSA) is 60.4 Å². The van der Waals surface area contributed by atoms with Gasteiger partial charge < -0.3 is 4.74 Å². The molecular weight excluding hydrogens is 252 g/mol. The van der Waals surface area contributed by atoms with Crippen molar-refractivity contribution in [1.29, 1.82) is 0 Å². The third kappa shape index (κ3) is 5.38. The van der Waals surface area contributed by atoms with E-state index in [0.29, 0.717) is 0 Å². The average Bonchev–Trinajstić information content (AvgIpc) is 2.26. The van der Waals surface area contributed by atoms with E-state index in [1.165, 1.54) is 0 Å². The Morgan fingerprint density at radius 2 is 1.72 bits per heavy atom. The van der Waals surface area contributed by atoms with Crippen LogP contribution in [0.2, 0.25) is 0 Å². The molecule has 0 amide bonds. The highest BCUT2D eigenvalue weighted by molar-refractivity contribution is 7.92. The molecule has 4 nitrogen and oxygen atoms in total. The predicted molar refractivity (Wildman–Crippen MR) is 71.1 cm³/mol. The Morgan fingerprint density at radius 3 is 2.22 bits per heavy atom. The van der Waals surface area contributed by atoms with Gasteiger partial charge in [-0.1, -0.05) is 19.3 Å². The Morgan fingerprint density at radius 1 is 1.17 bits per heavy atom. The highest BCUT2D eigenvalue weighted by Gasteiger charge is 2.28. The molecule has 0 spiro atoms. The van der Waals surface area contributed by atoms with Crippen LogP contribution in [0.5, 0.6) is 0 Å². The van der Waals surface area contributed by atoms with Crippen molar-refractivity contribution in [3.05, 3.63) is 0 Å². The molecule has 0 saturated heterocycles. The highest BCUT2D eigenvalue weighted by Crippen LogP contribution is 2.24. The maximum atomic E-state index is 12.0. The van der Waals surface area contributed by atoms with E-state index in [2.05, 4.69) is 0 Å². The molecule has 0 heterocycles. The van der Waals surface area contributed by atoms with Gasteiger partial charge >= 0.3 is 5.97 Å². The first-order valence-electron chi connectivity index (χ1n) is 6.64. The van der Waals surface area contributed by atoms with E-state index >= 15 is 0 Å².